The van der Waals surface area contributed by atoms with Gasteiger partial charge < -0.3 is 0 Å². The van der Waals surface area contributed by atoms with Crippen LogP contribution in [0.25, 0.3) is 11.3 Å². The third-order valence-electron chi connectivity index (χ3n) is 4.07. The van der Waals surface area contributed by atoms with Crippen LogP contribution in [0.3, 0.4) is 0 Å². The van der Waals surface area contributed by atoms with Gasteiger partial charge in [-0.25, -0.2) is 0 Å². The lowest BCUT2D eigenvalue weighted by atomic mass is 9.98. The van der Waals surface area contributed by atoms with E-state index < -0.39 is 5.91 Å². The molecule has 6 nitrogen and oxygen atoms in total. The highest BCUT2D eigenvalue weighted by Crippen LogP contribution is 2.18. The fourth-order valence-electron chi connectivity index (χ4n) is 2.62. The highest BCUT2D eigenvalue weighted by molar-refractivity contribution is 5.94. The SMILES string of the molecule is CC(CC(=O)NNC(=O)c1cc(-c2ccccc2)n[nH]1)c1ccccc1. The number of carbonyl (C=O) groups is 2. The molecule has 2 aromatic carbocycles. The maximum absolute atomic E-state index is 12.2. The molecular weight excluding hydrogens is 328 g/mol. The summed E-state index contributed by atoms with van der Waals surface area (Å²) in [6, 6.07) is 20.9. The molecule has 0 aliphatic rings. The lowest BCUT2D eigenvalue weighted by Gasteiger charge is -2.12. The summed E-state index contributed by atoms with van der Waals surface area (Å²) in [5, 5.41) is 6.81. The largest absolute Gasteiger partial charge is 0.287 e. The van der Waals surface area contributed by atoms with Gasteiger partial charge in [0, 0.05) is 12.0 Å². The van der Waals surface area contributed by atoms with Gasteiger partial charge in [-0.3, -0.25) is 25.5 Å². The van der Waals surface area contributed by atoms with Crippen molar-refractivity contribution in [3.8, 4) is 11.3 Å². The third kappa shape index (κ3) is 4.36. The molecule has 0 aliphatic carbocycles. The fourth-order valence-corrected chi connectivity index (χ4v) is 2.62. The minimum Gasteiger partial charge on any atom is -0.273 e. The Morgan fingerprint density at radius 2 is 1.65 bits per heavy atom. The number of hydrogen-bond donors (Lipinski definition) is 3. The number of hydrazine groups is 1. The number of nitrogens with one attached hydrogen (secondary N) is 3. The summed E-state index contributed by atoms with van der Waals surface area (Å²) in [4.78, 5) is 24.2. The zero-order chi connectivity index (χ0) is 18.4. The van der Waals surface area contributed by atoms with Gasteiger partial charge in [-0.1, -0.05) is 67.6 Å². The van der Waals surface area contributed by atoms with E-state index >= 15 is 0 Å². The Morgan fingerprint density at radius 3 is 2.35 bits per heavy atom. The molecule has 0 saturated carbocycles. The van der Waals surface area contributed by atoms with E-state index in [4.69, 9.17) is 0 Å². The molecule has 6 heteroatoms. The van der Waals surface area contributed by atoms with Gasteiger partial charge in [0.15, 0.2) is 0 Å². The van der Waals surface area contributed by atoms with Crippen LogP contribution in [-0.4, -0.2) is 22.0 Å². The molecule has 2 amide bonds. The van der Waals surface area contributed by atoms with Crippen LogP contribution in [0.2, 0.25) is 0 Å². The number of carbonyl (C=O) groups excluding carboxylic acids is 2. The van der Waals surface area contributed by atoms with Crippen LogP contribution in [0.1, 0.15) is 35.3 Å². The maximum atomic E-state index is 12.2. The molecule has 1 unspecified atom stereocenters. The van der Waals surface area contributed by atoms with Crippen molar-refractivity contribution in [3.63, 3.8) is 0 Å². The smallest absolute Gasteiger partial charge is 0.273 e. The van der Waals surface area contributed by atoms with Crippen molar-refractivity contribution in [1.82, 2.24) is 21.0 Å². The van der Waals surface area contributed by atoms with Crippen LogP contribution in [-0.2, 0) is 4.79 Å². The summed E-state index contributed by atoms with van der Waals surface area (Å²) in [6.07, 6.45) is 0.280. The minimum absolute atomic E-state index is 0.0601. The predicted molar refractivity (Wildman–Crippen MR) is 99.1 cm³/mol. The Kier molecular flexibility index (Phi) is 5.43. The van der Waals surface area contributed by atoms with Crippen molar-refractivity contribution in [2.45, 2.75) is 19.3 Å². The van der Waals surface area contributed by atoms with Crippen molar-refractivity contribution in [2.24, 2.45) is 0 Å². The summed E-state index contributed by atoms with van der Waals surface area (Å²) >= 11 is 0. The number of hydrogen-bond acceptors (Lipinski definition) is 3. The van der Waals surface area contributed by atoms with E-state index in [1.54, 1.807) is 6.07 Å². The summed E-state index contributed by atoms with van der Waals surface area (Å²) in [7, 11) is 0. The van der Waals surface area contributed by atoms with E-state index in [-0.39, 0.29) is 23.9 Å². The summed E-state index contributed by atoms with van der Waals surface area (Å²) < 4.78 is 0. The highest BCUT2D eigenvalue weighted by Gasteiger charge is 2.14. The molecule has 132 valence electrons. The van der Waals surface area contributed by atoms with Gasteiger partial charge in [0.25, 0.3) is 5.91 Å². The predicted octanol–water partition coefficient (Wildman–Crippen LogP) is 3.03. The van der Waals surface area contributed by atoms with Gasteiger partial charge in [0.1, 0.15) is 5.69 Å². The number of aromatic nitrogens is 2. The van der Waals surface area contributed by atoms with E-state index in [2.05, 4.69) is 21.0 Å². The Balaban J connectivity index is 1.52. The zero-order valence-corrected chi connectivity index (χ0v) is 14.4. The average molecular weight is 348 g/mol. The quantitative estimate of drug-likeness (QED) is 0.619. The van der Waals surface area contributed by atoms with Crippen molar-refractivity contribution in [1.29, 1.82) is 0 Å². The number of amides is 2. The molecule has 0 saturated heterocycles. The van der Waals surface area contributed by atoms with Gasteiger partial charge in [-0.05, 0) is 17.5 Å². The molecule has 1 atom stereocenters. The number of benzene rings is 2. The van der Waals surface area contributed by atoms with Crippen LogP contribution >= 0.6 is 0 Å². The first kappa shape index (κ1) is 17.4. The second-order valence-corrected chi connectivity index (χ2v) is 6.05. The Hall–Kier alpha value is -3.41. The van der Waals surface area contributed by atoms with E-state index in [0.29, 0.717) is 5.69 Å². The normalized spacial score (nSPS) is 11.6. The topological polar surface area (TPSA) is 86.9 Å². The van der Waals surface area contributed by atoms with Crippen LogP contribution in [0.4, 0.5) is 0 Å². The van der Waals surface area contributed by atoms with Gasteiger partial charge in [-0.2, -0.15) is 5.10 Å². The van der Waals surface area contributed by atoms with Gasteiger partial charge in [0.05, 0.1) is 5.69 Å². The van der Waals surface area contributed by atoms with E-state index in [1.807, 2.05) is 67.6 Å². The standard InChI is InChI=1S/C20H20N4O2/c1-14(15-8-4-2-5-9-15)12-19(25)23-24-20(26)18-13-17(21-22-18)16-10-6-3-7-11-16/h2-11,13-14H,12H2,1H3,(H,21,22)(H,23,25)(H,24,26). The molecule has 0 aliphatic heterocycles. The van der Waals surface area contributed by atoms with Gasteiger partial charge in [0.2, 0.25) is 5.91 Å². The van der Waals surface area contributed by atoms with E-state index in [1.165, 1.54) is 0 Å². The molecule has 0 bridgehead atoms. The van der Waals surface area contributed by atoms with Crippen molar-refractivity contribution >= 4 is 11.8 Å². The van der Waals surface area contributed by atoms with Crippen molar-refractivity contribution in [2.75, 3.05) is 0 Å². The molecule has 1 aromatic heterocycles. The fraction of sp³-hybridized carbons (Fsp3) is 0.150. The van der Waals surface area contributed by atoms with Crippen molar-refractivity contribution in [3.05, 3.63) is 78.0 Å². The van der Waals surface area contributed by atoms with E-state index in [9.17, 15) is 9.59 Å². The molecule has 0 spiro atoms. The molecule has 1 heterocycles. The second kappa shape index (κ2) is 8.11. The first-order valence-corrected chi connectivity index (χ1v) is 8.38. The average Bonchev–Trinajstić information content (AvgIpc) is 3.18. The number of rotatable bonds is 5. The molecule has 26 heavy (non-hydrogen) atoms. The van der Waals surface area contributed by atoms with E-state index in [0.717, 1.165) is 11.1 Å². The molecule has 0 fully saturated rings. The lowest BCUT2D eigenvalue weighted by molar-refractivity contribution is -0.122. The van der Waals surface area contributed by atoms with Gasteiger partial charge in [-0.15, -0.1) is 0 Å². The van der Waals surface area contributed by atoms with Crippen LogP contribution in [0, 0.1) is 0 Å². The van der Waals surface area contributed by atoms with Crippen LogP contribution < -0.4 is 10.9 Å². The molecule has 3 N–H and O–H groups in total. The lowest BCUT2D eigenvalue weighted by Crippen LogP contribution is -2.42. The Bertz CT molecular complexity index is 875. The molecule has 3 aromatic rings. The molecule has 0 radical (unpaired) electrons. The number of aromatic amines is 1. The van der Waals surface area contributed by atoms with Crippen LogP contribution in [0.15, 0.2) is 66.7 Å². The Labute approximate surface area is 151 Å². The first-order valence-electron chi connectivity index (χ1n) is 8.38. The first-order chi connectivity index (χ1) is 12.6. The second-order valence-electron chi connectivity index (χ2n) is 6.05. The highest BCUT2D eigenvalue weighted by atomic mass is 16.2. The minimum atomic E-state index is -0.444. The zero-order valence-electron chi connectivity index (χ0n) is 14.4. The number of H-pyrrole nitrogens is 1. The maximum Gasteiger partial charge on any atom is 0.287 e. The van der Waals surface area contributed by atoms with Gasteiger partial charge >= 0.3 is 0 Å². The number of nitrogens with zero attached hydrogens (tertiary/aromatic N) is 1. The molecule has 3 rings (SSSR count). The summed E-state index contributed by atoms with van der Waals surface area (Å²) in [6.45, 7) is 1.97. The summed E-state index contributed by atoms with van der Waals surface area (Å²) in [5.41, 5.74) is 7.78. The summed E-state index contributed by atoms with van der Waals surface area (Å²) in [5.74, 6) is -0.636. The van der Waals surface area contributed by atoms with Crippen LogP contribution in [0.5, 0.6) is 0 Å². The van der Waals surface area contributed by atoms with Crippen molar-refractivity contribution < 1.29 is 9.59 Å². The Morgan fingerprint density at radius 1 is 1.00 bits per heavy atom. The third-order valence-corrected chi connectivity index (χ3v) is 4.07. The monoisotopic (exact) mass is 348 g/mol. The molecular formula is C20H20N4O2.